The van der Waals surface area contributed by atoms with E-state index in [1.54, 1.807) is 0 Å². The predicted molar refractivity (Wildman–Crippen MR) is 79.6 cm³/mol. The lowest BCUT2D eigenvalue weighted by molar-refractivity contribution is 0.0693. The standard InChI is InChI=1S/C16H24N2O/c1-3-17-14-11-9-13(10-12-14)16(19)18(4-2)15-7-5-6-8-15/h9-12,15,17H,3-8H2,1-2H3. The van der Waals surface area contributed by atoms with E-state index in [0.717, 1.165) is 37.2 Å². The highest BCUT2D eigenvalue weighted by atomic mass is 16.2. The Kier molecular flexibility index (Phi) is 4.83. The lowest BCUT2D eigenvalue weighted by Gasteiger charge is -2.27. The highest BCUT2D eigenvalue weighted by Crippen LogP contribution is 2.25. The molecular formula is C16H24N2O. The van der Waals surface area contributed by atoms with Crippen LogP contribution in [0, 0.1) is 0 Å². The van der Waals surface area contributed by atoms with Crippen molar-refractivity contribution in [2.45, 2.75) is 45.6 Å². The van der Waals surface area contributed by atoms with Gasteiger partial charge < -0.3 is 10.2 Å². The summed E-state index contributed by atoms with van der Waals surface area (Å²) in [5.74, 6) is 0.178. The Morgan fingerprint density at radius 3 is 2.37 bits per heavy atom. The average Bonchev–Trinajstić information content (AvgIpc) is 2.95. The summed E-state index contributed by atoms with van der Waals surface area (Å²) in [7, 11) is 0. The molecular weight excluding hydrogens is 236 g/mol. The number of nitrogens with zero attached hydrogens (tertiary/aromatic N) is 1. The van der Waals surface area contributed by atoms with Gasteiger partial charge in [-0.3, -0.25) is 4.79 Å². The topological polar surface area (TPSA) is 32.3 Å². The first-order valence-electron chi connectivity index (χ1n) is 7.41. The van der Waals surface area contributed by atoms with Crippen LogP contribution in [0.25, 0.3) is 0 Å². The maximum absolute atomic E-state index is 12.5. The zero-order valence-electron chi connectivity index (χ0n) is 12.0. The zero-order valence-corrected chi connectivity index (χ0v) is 12.0. The Hall–Kier alpha value is -1.51. The molecule has 0 spiro atoms. The lowest BCUT2D eigenvalue weighted by atomic mass is 10.1. The van der Waals surface area contributed by atoms with Gasteiger partial charge in [-0.1, -0.05) is 12.8 Å². The van der Waals surface area contributed by atoms with Crippen molar-refractivity contribution in [1.82, 2.24) is 4.90 Å². The Bertz CT molecular complexity index is 407. The molecule has 0 saturated heterocycles. The minimum atomic E-state index is 0.178. The molecule has 1 fully saturated rings. The Labute approximate surface area is 116 Å². The molecule has 0 radical (unpaired) electrons. The smallest absolute Gasteiger partial charge is 0.254 e. The van der Waals surface area contributed by atoms with Crippen molar-refractivity contribution >= 4 is 11.6 Å². The summed E-state index contributed by atoms with van der Waals surface area (Å²) in [6.07, 6.45) is 4.84. The van der Waals surface area contributed by atoms with Crippen LogP contribution in [0.5, 0.6) is 0 Å². The van der Waals surface area contributed by atoms with Gasteiger partial charge in [0.05, 0.1) is 0 Å². The number of carbonyl (C=O) groups is 1. The molecule has 1 saturated carbocycles. The van der Waals surface area contributed by atoms with Crippen LogP contribution in [0.4, 0.5) is 5.69 Å². The minimum absolute atomic E-state index is 0.178. The third-order valence-corrected chi connectivity index (χ3v) is 3.88. The van der Waals surface area contributed by atoms with Crippen molar-refractivity contribution in [2.75, 3.05) is 18.4 Å². The molecule has 0 atom stereocenters. The predicted octanol–water partition coefficient (Wildman–Crippen LogP) is 3.52. The van der Waals surface area contributed by atoms with Crippen molar-refractivity contribution in [3.05, 3.63) is 29.8 Å². The van der Waals surface area contributed by atoms with Crippen LogP contribution >= 0.6 is 0 Å². The quantitative estimate of drug-likeness (QED) is 0.878. The van der Waals surface area contributed by atoms with Gasteiger partial charge in [0.25, 0.3) is 5.91 Å². The van der Waals surface area contributed by atoms with Crippen molar-refractivity contribution in [3.63, 3.8) is 0 Å². The van der Waals surface area contributed by atoms with Crippen molar-refractivity contribution in [2.24, 2.45) is 0 Å². The van der Waals surface area contributed by atoms with Crippen molar-refractivity contribution in [3.8, 4) is 0 Å². The number of hydrogen-bond acceptors (Lipinski definition) is 2. The van der Waals surface area contributed by atoms with Crippen LogP contribution in [-0.2, 0) is 0 Å². The second-order valence-corrected chi connectivity index (χ2v) is 5.14. The summed E-state index contributed by atoms with van der Waals surface area (Å²) in [6, 6.07) is 8.28. The van der Waals surface area contributed by atoms with E-state index < -0.39 is 0 Å². The molecule has 0 bridgehead atoms. The number of anilines is 1. The van der Waals surface area contributed by atoms with Crippen molar-refractivity contribution < 1.29 is 4.79 Å². The average molecular weight is 260 g/mol. The van der Waals surface area contributed by atoms with E-state index in [0.29, 0.717) is 6.04 Å². The molecule has 1 aromatic carbocycles. The highest BCUT2D eigenvalue weighted by molar-refractivity contribution is 5.94. The summed E-state index contributed by atoms with van der Waals surface area (Å²) < 4.78 is 0. The molecule has 1 aliphatic carbocycles. The van der Waals surface area contributed by atoms with Gasteiger partial charge in [-0.05, 0) is 51.0 Å². The molecule has 1 aliphatic rings. The SMILES string of the molecule is CCNc1ccc(C(=O)N(CC)C2CCCC2)cc1. The van der Waals surface area contributed by atoms with E-state index in [2.05, 4.69) is 19.2 Å². The summed E-state index contributed by atoms with van der Waals surface area (Å²) in [4.78, 5) is 14.6. The number of carbonyl (C=O) groups excluding carboxylic acids is 1. The first kappa shape index (κ1) is 13.9. The van der Waals surface area contributed by atoms with Crippen LogP contribution in [0.3, 0.4) is 0 Å². The van der Waals surface area contributed by atoms with Crippen molar-refractivity contribution in [1.29, 1.82) is 0 Å². The monoisotopic (exact) mass is 260 g/mol. The fourth-order valence-electron chi connectivity index (χ4n) is 2.88. The Morgan fingerprint density at radius 1 is 1.21 bits per heavy atom. The molecule has 104 valence electrons. The van der Waals surface area contributed by atoms with Gasteiger partial charge in [0, 0.05) is 30.4 Å². The van der Waals surface area contributed by atoms with Gasteiger partial charge in [0.15, 0.2) is 0 Å². The second-order valence-electron chi connectivity index (χ2n) is 5.14. The molecule has 1 aromatic rings. The molecule has 0 unspecified atom stereocenters. The summed E-state index contributed by atoms with van der Waals surface area (Å²) >= 11 is 0. The van der Waals surface area contributed by atoms with Gasteiger partial charge in [0.2, 0.25) is 0 Å². The molecule has 0 aliphatic heterocycles. The van der Waals surface area contributed by atoms with E-state index in [9.17, 15) is 4.79 Å². The van der Waals surface area contributed by atoms with E-state index in [1.807, 2.05) is 29.2 Å². The molecule has 1 N–H and O–H groups in total. The van der Waals surface area contributed by atoms with Crippen LogP contribution in [-0.4, -0.2) is 29.9 Å². The maximum Gasteiger partial charge on any atom is 0.254 e. The van der Waals surface area contributed by atoms with Crippen LogP contribution < -0.4 is 5.32 Å². The normalized spacial score (nSPS) is 15.5. The number of rotatable bonds is 5. The molecule has 3 nitrogen and oxygen atoms in total. The molecule has 2 rings (SSSR count). The van der Waals surface area contributed by atoms with Gasteiger partial charge in [-0.25, -0.2) is 0 Å². The molecule has 1 amide bonds. The van der Waals surface area contributed by atoms with Gasteiger partial charge in [0.1, 0.15) is 0 Å². The fraction of sp³-hybridized carbons (Fsp3) is 0.562. The third kappa shape index (κ3) is 3.28. The first-order valence-corrected chi connectivity index (χ1v) is 7.41. The molecule has 0 heterocycles. The highest BCUT2D eigenvalue weighted by Gasteiger charge is 2.25. The Balaban J connectivity index is 2.08. The first-order chi connectivity index (χ1) is 9.26. The minimum Gasteiger partial charge on any atom is -0.385 e. The fourth-order valence-corrected chi connectivity index (χ4v) is 2.88. The number of amides is 1. The summed E-state index contributed by atoms with van der Waals surface area (Å²) in [5, 5.41) is 3.25. The van der Waals surface area contributed by atoms with Gasteiger partial charge in [-0.2, -0.15) is 0 Å². The van der Waals surface area contributed by atoms with Crippen LogP contribution in [0.1, 0.15) is 49.9 Å². The van der Waals surface area contributed by atoms with E-state index in [4.69, 9.17) is 0 Å². The van der Waals surface area contributed by atoms with E-state index in [-0.39, 0.29) is 5.91 Å². The number of hydrogen-bond donors (Lipinski definition) is 1. The third-order valence-electron chi connectivity index (χ3n) is 3.88. The number of benzene rings is 1. The van der Waals surface area contributed by atoms with E-state index >= 15 is 0 Å². The number of nitrogens with one attached hydrogen (secondary N) is 1. The van der Waals surface area contributed by atoms with Gasteiger partial charge >= 0.3 is 0 Å². The second kappa shape index (κ2) is 6.60. The molecule has 19 heavy (non-hydrogen) atoms. The Morgan fingerprint density at radius 2 is 1.84 bits per heavy atom. The zero-order chi connectivity index (χ0) is 13.7. The van der Waals surface area contributed by atoms with Crippen LogP contribution in [0.2, 0.25) is 0 Å². The molecule has 3 heteroatoms. The van der Waals surface area contributed by atoms with E-state index in [1.165, 1.54) is 12.8 Å². The van der Waals surface area contributed by atoms with Gasteiger partial charge in [-0.15, -0.1) is 0 Å². The molecule has 0 aromatic heterocycles. The largest absolute Gasteiger partial charge is 0.385 e. The summed E-state index contributed by atoms with van der Waals surface area (Å²) in [5.41, 5.74) is 1.87. The summed E-state index contributed by atoms with van der Waals surface area (Å²) in [6.45, 7) is 5.84. The lowest BCUT2D eigenvalue weighted by Crippen LogP contribution is -2.38. The maximum atomic E-state index is 12.5. The van der Waals surface area contributed by atoms with Crippen LogP contribution in [0.15, 0.2) is 24.3 Å².